The highest BCUT2D eigenvalue weighted by Crippen LogP contribution is 2.09. The Bertz CT molecular complexity index is 254. The van der Waals surface area contributed by atoms with Gasteiger partial charge in [-0.15, -0.1) is 0 Å². The Hall–Kier alpha value is -1.26. The van der Waals surface area contributed by atoms with E-state index in [2.05, 4.69) is 10.6 Å². The van der Waals surface area contributed by atoms with Crippen LogP contribution in [-0.4, -0.2) is 42.5 Å². The molecule has 1 fully saturated rings. The number of hydrogen-bond donors (Lipinski definition) is 2. The summed E-state index contributed by atoms with van der Waals surface area (Å²) in [5.41, 5.74) is 0. The van der Waals surface area contributed by atoms with Gasteiger partial charge in [-0.3, -0.25) is 4.79 Å². The molecule has 1 heterocycles. The topological polar surface area (TPSA) is 61.4 Å². The lowest BCUT2D eigenvalue weighted by Gasteiger charge is -2.26. The first-order chi connectivity index (χ1) is 7.59. The first-order valence-electron chi connectivity index (χ1n) is 5.91. The van der Waals surface area contributed by atoms with Gasteiger partial charge in [0.15, 0.2) is 0 Å². The molecule has 0 unspecified atom stereocenters. The molecule has 92 valence electrons. The second-order valence-corrected chi connectivity index (χ2v) is 4.39. The van der Waals surface area contributed by atoms with Gasteiger partial charge >= 0.3 is 6.03 Å². The highest BCUT2D eigenvalue weighted by Gasteiger charge is 2.17. The molecule has 0 aliphatic carbocycles. The minimum Gasteiger partial charge on any atom is -0.341 e. The van der Waals surface area contributed by atoms with Gasteiger partial charge in [-0.25, -0.2) is 4.79 Å². The number of nitrogens with zero attached hydrogens (tertiary/aromatic N) is 1. The number of carbonyl (C=O) groups excluding carboxylic acids is 2. The third kappa shape index (κ3) is 4.51. The maximum Gasteiger partial charge on any atom is 0.315 e. The zero-order valence-corrected chi connectivity index (χ0v) is 10.1. The van der Waals surface area contributed by atoms with E-state index in [1.807, 2.05) is 18.7 Å². The van der Waals surface area contributed by atoms with E-state index in [1.54, 1.807) is 0 Å². The summed E-state index contributed by atoms with van der Waals surface area (Å²) >= 11 is 0. The molecule has 0 spiro atoms. The fourth-order valence-electron chi connectivity index (χ4n) is 1.72. The lowest BCUT2D eigenvalue weighted by atomic mass is 10.1. The van der Waals surface area contributed by atoms with Crippen molar-refractivity contribution in [2.75, 3.05) is 19.6 Å². The largest absolute Gasteiger partial charge is 0.341 e. The second kappa shape index (κ2) is 6.35. The van der Waals surface area contributed by atoms with Crippen molar-refractivity contribution in [2.24, 2.45) is 0 Å². The fraction of sp³-hybridized carbons (Fsp3) is 0.818. The van der Waals surface area contributed by atoms with Gasteiger partial charge in [0.1, 0.15) is 0 Å². The van der Waals surface area contributed by atoms with E-state index in [0.717, 1.165) is 19.4 Å². The summed E-state index contributed by atoms with van der Waals surface area (Å²) in [5, 5.41) is 5.48. The number of hydrogen-bond acceptors (Lipinski definition) is 2. The van der Waals surface area contributed by atoms with Crippen molar-refractivity contribution in [1.82, 2.24) is 15.5 Å². The predicted molar refractivity (Wildman–Crippen MR) is 62.1 cm³/mol. The number of rotatable bonds is 4. The Morgan fingerprint density at radius 1 is 1.44 bits per heavy atom. The van der Waals surface area contributed by atoms with Crippen LogP contribution in [-0.2, 0) is 4.79 Å². The monoisotopic (exact) mass is 227 g/mol. The van der Waals surface area contributed by atoms with Gasteiger partial charge in [0, 0.05) is 32.1 Å². The summed E-state index contributed by atoms with van der Waals surface area (Å²) < 4.78 is 0. The van der Waals surface area contributed by atoms with Crippen molar-refractivity contribution in [2.45, 2.75) is 39.2 Å². The number of carbonyl (C=O) groups is 2. The van der Waals surface area contributed by atoms with Crippen molar-refractivity contribution in [3.05, 3.63) is 0 Å². The Balaban J connectivity index is 2.14. The van der Waals surface area contributed by atoms with E-state index in [1.165, 1.54) is 0 Å². The molecule has 1 saturated heterocycles. The molecule has 3 amide bonds. The van der Waals surface area contributed by atoms with Gasteiger partial charge in [0.2, 0.25) is 5.91 Å². The standard InChI is InChI=1S/C11H21N3O2/c1-9(2)13-11(16)12-6-8-14-7-4-3-5-10(14)15/h9H,3-8H2,1-2H3,(H2,12,13,16). The van der Waals surface area contributed by atoms with Crippen LogP contribution in [0.15, 0.2) is 0 Å². The molecule has 1 rings (SSSR count). The van der Waals surface area contributed by atoms with Gasteiger partial charge in [-0.05, 0) is 26.7 Å². The van der Waals surface area contributed by atoms with E-state index in [4.69, 9.17) is 0 Å². The van der Waals surface area contributed by atoms with Gasteiger partial charge in [-0.1, -0.05) is 0 Å². The Kier molecular flexibility index (Phi) is 5.08. The van der Waals surface area contributed by atoms with Gasteiger partial charge in [-0.2, -0.15) is 0 Å². The lowest BCUT2D eigenvalue weighted by Crippen LogP contribution is -2.45. The fourth-order valence-corrected chi connectivity index (χ4v) is 1.72. The van der Waals surface area contributed by atoms with Crippen LogP contribution in [0.2, 0.25) is 0 Å². The third-order valence-electron chi connectivity index (χ3n) is 2.51. The summed E-state index contributed by atoms with van der Waals surface area (Å²) in [4.78, 5) is 24.5. The molecule has 2 N–H and O–H groups in total. The molecule has 0 atom stereocenters. The molecule has 0 bridgehead atoms. The SMILES string of the molecule is CC(C)NC(=O)NCCN1CCCCC1=O. The van der Waals surface area contributed by atoms with E-state index in [-0.39, 0.29) is 18.0 Å². The van der Waals surface area contributed by atoms with Crippen LogP contribution >= 0.6 is 0 Å². The minimum atomic E-state index is -0.167. The molecule has 0 aromatic carbocycles. The van der Waals surface area contributed by atoms with Crippen molar-refractivity contribution < 1.29 is 9.59 Å². The van der Waals surface area contributed by atoms with E-state index in [9.17, 15) is 9.59 Å². The molecule has 1 aliphatic rings. The first-order valence-corrected chi connectivity index (χ1v) is 5.91. The molecule has 0 radical (unpaired) electrons. The zero-order valence-electron chi connectivity index (χ0n) is 10.1. The molecule has 5 nitrogen and oxygen atoms in total. The maximum absolute atomic E-state index is 11.4. The number of nitrogens with one attached hydrogen (secondary N) is 2. The molecule has 0 aromatic heterocycles. The average Bonchev–Trinajstić information content (AvgIpc) is 2.19. The van der Waals surface area contributed by atoms with Crippen molar-refractivity contribution in [1.29, 1.82) is 0 Å². The molecule has 0 aromatic rings. The van der Waals surface area contributed by atoms with Gasteiger partial charge in [0.25, 0.3) is 0 Å². The Labute approximate surface area is 96.6 Å². The molecule has 1 aliphatic heterocycles. The smallest absolute Gasteiger partial charge is 0.315 e. The van der Waals surface area contributed by atoms with Crippen molar-refractivity contribution >= 4 is 11.9 Å². The normalized spacial score (nSPS) is 16.4. The lowest BCUT2D eigenvalue weighted by molar-refractivity contribution is -0.133. The summed E-state index contributed by atoms with van der Waals surface area (Å²) in [5.74, 6) is 0.206. The van der Waals surface area contributed by atoms with Crippen molar-refractivity contribution in [3.8, 4) is 0 Å². The zero-order chi connectivity index (χ0) is 12.0. The molecular weight excluding hydrogens is 206 g/mol. The van der Waals surface area contributed by atoms with Crippen LogP contribution in [0.3, 0.4) is 0 Å². The molecule has 0 saturated carbocycles. The summed E-state index contributed by atoms with van der Waals surface area (Å²) in [6, 6.07) is -0.0314. The van der Waals surface area contributed by atoms with E-state index in [0.29, 0.717) is 19.5 Å². The van der Waals surface area contributed by atoms with Crippen molar-refractivity contribution in [3.63, 3.8) is 0 Å². The number of amides is 3. The molecular formula is C11H21N3O2. The predicted octanol–water partition coefficient (Wildman–Crippen LogP) is 0.706. The summed E-state index contributed by atoms with van der Waals surface area (Å²) in [6.07, 6.45) is 2.72. The van der Waals surface area contributed by atoms with Crippen LogP contribution in [0.4, 0.5) is 4.79 Å². The summed E-state index contributed by atoms with van der Waals surface area (Å²) in [7, 11) is 0. The Morgan fingerprint density at radius 2 is 2.19 bits per heavy atom. The number of likely N-dealkylation sites (tertiary alicyclic amines) is 1. The second-order valence-electron chi connectivity index (χ2n) is 4.39. The van der Waals surface area contributed by atoms with Gasteiger partial charge in [0.05, 0.1) is 0 Å². The van der Waals surface area contributed by atoms with Crippen LogP contribution in [0.25, 0.3) is 0 Å². The van der Waals surface area contributed by atoms with Crippen LogP contribution in [0.1, 0.15) is 33.1 Å². The minimum absolute atomic E-state index is 0.136. The van der Waals surface area contributed by atoms with E-state index >= 15 is 0 Å². The third-order valence-corrected chi connectivity index (χ3v) is 2.51. The quantitative estimate of drug-likeness (QED) is 0.743. The Morgan fingerprint density at radius 3 is 2.81 bits per heavy atom. The number of urea groups is 1. The van der Waals surface area contributed by atoms with E-state index < -0.39 is 0 Å². The number of piperidine rings is 1. The van der Waals surface area contributed by atoms with Crippen LogP contribution in [0.5, 0.6) is 0 Å². The highest BCUT2D eigenvalue weighted by molar-refractivity contribution is 5.77. The molecule has 5 heteroatoms. The average molecular weight is 227 g/mol. The van der Waals surface area contributed by atoms with Crippen LogP contribution < -0.4 is 10.6 Å². The van der Waals surface area contributed by atoms with Gasteiger partial charge < -0.3 is 15.5 Å². The highest BCUT2D eigenvalue weighted by atomic mass is 16.2. The first kappa shape index (κ1) is 12.8. The molecule has 16 heavy (non-hydrogen) atoms. The summed E-state index contributed by atoms with van der Waals surface area (Å²) in [6.45, 7) is 5.78. The maximum atomic E-state index is 11.4. The van der Waals surface area contributed by atoms with Crippen LogP contribution in [0, 0.1) is 0 Å².